The van der Waals surface area contributed by atoms with Crippen LogP contribution in [0.1, 0.15) is 24.6 Å². The number of hydrogen-bond acceptors (Lipinski definition) is 3. The maximum absolute atomic E-state index is 5.91. The molecule has 0 saturated heterocycles. The largest absolute Gasteiger partial charge is 0.366 e. The first-order valence-electron chi connectivity index (χ1n) is 6.19. The average molecular weight is 296 g/mol. The van der Waals surface area contributed by atoms with Crippen LogP contribution in [0.3, 0.4) is 0 Å². The Labute approximate surface area is 123 Å². The van der Waals surface area contributed by atoms with Crippen LogP contribution in [0, 0.1) is 0 Å². The first-order valence-corrected chi connectivity index (χ1v) is 6.94. The third-order valence-corrected chi connectivity index (χ3v) is 3.07. The van der Waals surface area contributed by atoms with Crippen LogP contribution >= 0.6 is 23.2 Å². The van der Waals surface area contributed by atoms with Crippen molar-refractivity contribution in [3.63, 3.8) is 0 Å². The van der Waals surface area contributed by atoms with Crippen molar-refractivity contribution in [2.24, 2.45) is 0 Å². The number of aromatic nitrogens is 2. The molecule has 19 heavy (non-hydrogen) atoms. The van der Waals surface area contributed by atoms with Crippen molar-refractivity contribution in [1.29, 1.82) is 0 Å². The van der Waals surface area contributed by atoms with Gasteiger partial charge in [-0.05, 0) is 35.7 Å². The molecular formula is C14H15Cl2N3. The highest BCUT2D eigenvalue weighted by molar-refractivity contribution is 6.30. The summed E-state index contributed by atoms with van der Waals surface area (Å²) in [5.41, 5.74) is 2.09. The fourth-order valence-electron chi connectivity index (χ4n) is 1.73. The maximum Gasteiger partial charge on any atom is 0.224 e. The molecule has 0 saturated carbocycles. The van der Waals surface area contributed by atoms with Crippen LogP contribution in [0.2, 0.25) is 10.3 Å². The van der Waals surface area contributed by atoms with E-state index in [9.17, 15) is 0 Å². The molecule has 1 N–H and O–H groups in total. The summed E-state index contributed by atoms with van der Waals surface area (Å²) in [5.74, 6) is 0.749. The zero-order valence-electron chi connectivity index (χ0n) is 10.7. The van der Waals surface area contributed by atoms with E-state index in [0.29, 0.717) is 6.54 Å². The molecule has 3 nitrogen and oxygen atoms in total. The van der Waals surface area contributed by atoms with E-state index in [0.717, 1.165) is 34.9 Å². The van der Waals surface area contributed by atoms with E-state index < -0.39 is 0 Å². The topological polar surface area (TPSA) is 37.8 Å². The smallest absolute Gasteiger partial charge is 0.224 e. The third-order valence-electron chi connectivity index (χ3n) is 2.64. The van der Waals surface area contributed by atoms with Gasteiger partial charge in [0.2, 0.25) is 5.28 Å². The molecule has 1 aromatic heterocycles. The van der Waals surface area contributed by atoms with Gasteiger partial charge in [0.15, 0.2) is 0 Å². The van der Waals surface area contributed by atoms with Gasteiger partial charge in [0, 0.05) is 23.3 Å². The Morgan fingerprint density at radius 3 is 2.53 bits per heavy atom. The molecule has 0 bridgehead atoms. The van der Waals surface area contributed by atoms with Crippen LogP contribution in [0.25, 0.3) is 0 Å². The summed E-state index contributed by atoms with van der Waals surface area (Å²) >= 11 is 11.8. The van der Waals surface area contributed by atoms with Crippen molar-refractivity contribution in [3.05, 3.63) is 51.9 Å². The molecule has 100 valence electrons. The van der Waals surface area contributed by atoms with E-state index in [4.69, 9.17) is 23.2 Å². The van der Waals surface area contributed by atoms with Gasteiger partial charge in [-0.25, -0.2) is 9.97 Å². The molecular weight excluding hydrogens is 281 g/mol. The van der Waals surface area contributed by atoms with Gasteiger partial charge in [-0.3, -0.25) is 0 Å². The van der Waals surface area contributed by atoms with Crippen LogP contribution in [-0.2, 0) is 13.0 Å². The number of hydrogen-bond donors (Lipinski definition) is 1. The Morgan fingerprint density at radius 1 is 1.11 bits per heavy atom. The van der Waals surface area contributed by atoms with Gasteiger partial charge in [0.25, 0.3) is 0 Å². The fourth-order valence-corrected chi connectivity index (χ4v) is 2.06. The summed E-state index contributed by atoms with van der Waals surface area (Å²) in [5, 5.41) is 4.26. The lowest BCUT2D eigenvalue weighted by molar-refractivity contribution is 0.871. The predicted octanol–water partition coefficient (Wildman–Crippen LogP) is 4.35. The summed E-state index contributed by atoms with van der Waals surface area (Å²) in [4.78, 5) is 8.35. The van der Waals surface area contributed by atoms with Gasteiger partial charge < -0.3 is 5.32 Å². The second-order valence-corrected chi connectivity index (χ2v) is 5.02. The highest BCUT2D eigenvalue weighted by Crippen LogP contribution is 2.14. The zero-order valence-corrected chi connectivity index (χ0v) is 12.2. The van der Waals surface area contributed by atoms with E-state index in [2.05, 4.69) is 22.2 Å². The molecule has 0 atom stereocenters. The SMILES string of the molecule is CCCc1cc(NCc2ccc(Cl)cc2)nc(Cl)n1. The minimum Gasteiger partial charge on any atom is -0.366 e. The highest BCUT2D eigenvalue weighted by Gasteiger charge is 2.02. The summed E-state index contributed by atoms with van der Waals surface area (Å²) in [7, 11) is 0. The number of nitrogens with zero attached hydrogens (tertiary/aromatic N) is 2. The van der Waals surface area contributed by atoms with Crippen LogP contribution in [0.5, 0.6) is 0 Å². The number of nitrogens with one attached hydrogen (secondary N) is 1. The number of anilines is 1. The molecule has 0 spiro atoms. The summed E-state index contributed by atoms with van der Waals surface area (Å²) < 4.78 is 0. The van der Waals surface area contributed by atoms with Crippen molar-refractivity contribution in [2.75, 3.05) is 5.32 Å². The van der Waals surface area contributed by atoms with E-state index in [1.54, 1.807) is 0 Å². The van der Waals surface area contributed by atoms with Gasteiger partial charge in [-0.15, -0.1) is 0 Å². The van der Waals surface area contributed by atoms with Crippen LogP contribution in [0.15, 0.2) is 30.3 Å². The molecule has 0 fully saturated rings. The lowest BCUT2D eigenvalue weighted by Gasteiger charge is -2.08. The lowest BCUT2D eigenvalue weighted by atomic mass is 10.2. The molecule has 2 aromatic rings. The van der Waals surface area contributed by atoms with Crippen molar-refractivity contribution in [1.82, 2.24) is 9.97 Å². The van der Waals surface area contributed by atoms with Gasteiger partial charge >= 0.3 is 0 Å². The second-order valence-electron chi connectivity index (χ2n) is 4.24. The van der Waals surface area contributed by atoms with Crippen molar-refractivity contribution in [3.8, 4) is 0 Å². The first kappa shape index (κ1) is 14.1. The Hall–Kier alpha value is -1.32. The van der Waals surface area contributed by atoms with Gasteiger partial charge in [-0.1, -0.05) is 37.1 Å². The first-order chi connectivity index (χ1) is 9.17. The van der Waals surface area contributed by atoms with Gasteiger partial charge in [0.1, 0.15) is 5.82 Å². The van der Waals surface area contributed by atoms with Crippen molar-refractivity contribution < 1.29 is 0 Å². The Morgan fingerprint density at radius 2 is 1.84 bits per heavy atom. The maximum atomic E-state index is 5.91. The minimum absolute atomic E-state index is 0.282. The molecule has 5 heteroatoms. The van der Waals surface area contributed by atoms with Crippen LogP contribution in [-0.4, -0.2) is 9.97 Å². The molecule has 0 aliphatic heterocycles. The van der Waals surface area contributed by atoms with E-state index in [-0.39, 0.29) is 5.28 Å². The molecule has 1 aromatic carbocycles. The monoisotopic (exact) mass is 295 g/mol. The highest BCUT2D eigenvalue weighted by atomic mass is 35.5. The molecule has 0 amide bonds. The van der Waals surface area contributed by atoms with Crippen LogP contribution < -0.4 is 5.32 Å². The minimum atomic E-state index is 0.282. The summed E-state index contributed by atoms with van der Waals surface area (Å²) in [6.45, 7) is 2.78. The Kier molecular flexibility index (Phi) is 5.00. The molecule has 2 rings (SSSR count). The molecule has 0 radical (unpaired) electrons. The zero-order chi connectivity index (χ0) is 13.7. The standard InChI is InChI=1S/C14H15Cl2N3/c1-2-3-12-8-13(19-14(16)18-12)17-9-10-4-6-11(15)7-5-10/h4-8H,2-3,9H2,1H3,(H,17,18,19). The van der Waals surface area contributed by atoms with Crippen molar-refractivity contribution in [2.45, 2.75) is 26.3 Å². The molecule has 0 aliphatic rings. The van der Waals surface area contributed by atoms with Gasteiger partial charge in [0.05, 0.1) is 0 Å². The quantitative estimate of drug-likeness (QED) is 0.834. The van der Waals surface area contributed by atoms with Gasteiger partial charge in [-0.2, -0.15) is 0 Å². The average Bonchev–Trinajstić information content (AvgIpc) is 2.38. The Balaban J connectivity index is 2.04. The predicted molar refractivity (Wildman–Crippen MR) is 79.8 cm³/mol. The number of benzene rings is 1. The number of halogens is 2. The molecule has 0 aliphatic carbocycles. The van der Waals surface area contributed by atoms with Crippen molar-refractivity contribution >= 4 is 29.0 Å². The number of aryl methyl sites for hydroxylation is 1. The fraction of sp³-hybridized carbons (Fsp3) is 0.286. The Bertz CT molecular complexity index is 541. The summed E-state index contributed by atoms with van der Waals surface area (Å²) in [6, 6.07) is 9.63. The molecule has 0 unspecified atom stereocenters. The van der Waals surface area contributed by atoms with E-state index in [1.165, 1.54) is 0 Å². The number of rotatable bonds is 5. The van der Waals surface area contributed by atoms with E-state index in [1.807, 2.05) is 30.3 Å². The lowest BCUT2D eigenvalue weighted by Crippen LogP contribution is -2.03. The van der Waals surface area contributed by atoms with E-state index >= 15 is 0 Å². The summed E-state index contributed by atoms with van der Waals surface area (Å²) in [6.07, 6.45) is 1.93. The van der Waals surface area contributed by atoms with Crippen LogP contribution in [0.4, 0.5) is 5.82 Å². The third kappa shape index (κ3) is 4.37. The molecule has 1 heterocycles. The normalized spacial score (nSPS) is 10.5. The second kappa shape index (κ2) is 6.73.